The number of benzene rings is 2. The van der Waals surface area contributed by atoms with Crippen LogP contribution in [0.15, 0.2) is 60.8 Å². The topological polar surface area (TPSA) is 20.7 Å². The normalized spacial score (nSPS) is 10.7. The van der Waals surface area contributed by atoms with Gasteiger partial charge < -0.3 is 9.55 Å². The van der Waals surface area contributed by atoms with Gasteiger partial charge in [0.15, 0.2) is 4.77 Å². The van der Waals surface area contributed by atoms with Crippen LogP contribution in [0.2, 0.25) is 0 Å². The van der Waals surface area contributed by atoms with Gasteiger partial charge in [-0.3, -0.25) is 0 Å². The van der Waals surface area contributed by atoms with Crippen LogP contribution in [0.25, 0.3) is 11.3 Å². The van der Waals surface area contributed by atoms with Crippen molar-refractivity contribution >= 4 is 12.2 Å². The van der Waals surface area contributed by atoms with Gasteiger partial charge >= 0.3 is 0 Å². The van der Waals surface area contributed by atoms with Crippen LogP contribution in [0.4, 0.5) is 4.39 Å². The summed E-state index contributed by atoms with van der Waals surface area (Å²) in [5.41, 5.74) is 3.07. The minimum atomic E-state index is -0.238. The Bertz CT molecular complexity index is 757. The number of H-pyrrole nitrogens is 1. The average molecular weight is 284 g/mol. The summed E-state index contributed by atoms with van der Waals surface area (Å²) in [6.45, 7) is 0.690. The van der Waals surface area contributed by atoms with Crippen molar-refractivity contribution in [1.29, 1.82) is 0 Å². The lowest BCUT2D eigenvalue weighted by Crippen LogP contribution is -2.01. The molecule has 0 radical (unpaired) electrons. The Balaban J connectivity index is 2.01. The summed E-state index contributed by atoms with van der Waals surface area (Å²) in [4.78, 5) is 3.05. The number of nitrogens with one attached hydrogen (secondary N) is 1. The lowest BCUT2D eigenvalue weighted by Gasteiger charge is -2.08. The number of rotatable bonds is 3. The maximum atomic E-state index is 13.0. The smallest absolute Gasteiger partial charge is 0.177 e. The van der Waals surface area contributed by atoms with Gasteiger partial charge in [-0.25, -0.2) is 4.39 Å². The maximum absolute atomic E-state index is 13.0. The third-order valence-corrected chi connectivity index (χ3v) is 3.53. The molecule has 0 atom stereocenters. The van der Waals surface area contributed by atoms with Crippen molar-refractivity contribution in [2.45, 2.75) is 6.54 Å². The van der Waals surface area contributed by atoms with E-state index in [0.29, 0.717) is 11.3 Å². The fraction of sp³-hybridized carbons (Fsp3) is 0.0625. The molecule has 2 nitrogen and oxygen atoms in total. The van der Waals surface area contributed by atoms with Crippen molar-refractivity contribution < 1.29 is 4.39 Å². The SMILES string of the molecule is Fc1ccc(-c2c[nH]c(=S)n2Cc2ccccc2)cc1. The summed E-state index contributed by atoms with van der Waals surface area (Å²) in [6.07, 6.45) is 1.86. The Morgan fingerprint density at radius 3 is 2.40 bits per heavy atom. The van der Waals surface area contributed by atoms with Crippen LogP contribution in [0.3, 0.4) is 0 Å². The van der Waals surface area contributed by atoms with E-state index < -0.39 is 0 Å². The minimum absolute atomic E-state index is 0.238. The standard InChI is InChI=1S/C16H13FN2S/c17-14-8-6-13(7-9-14)15-10-18-16(20)19(15)11-12-4-2-1-3-5-12/h1-10H,11H2,(H,18,20). The summed E-state index contributed by atoms with van der Waals surface area (Å²) < 4.78 is 15.7. The summed E-state index contributed by atoms with van der Waals surface area (Å²) in [7, 11) is 0. The predicted molar refractivity (Wildman–Crippen MR) is 80.6 cm³/mol. The van der Waals surface area contributed by atoms with Crippen LogP contribution in [-0.4, -0.2) is 9.55 Å². The van der Waals surface area contributed by atoms with E-state index in [0.717, 1.165) is 11.3 Å². The summed E-state index contributed by atoms with van der Waals surface area (Å²) >= 11 is 5.33. The highest BCUT2D eigenvalue weighted by atomic mass is 32.1. The molecule has 0 spiro atoms. The first-order chi connectivity index (χ1) is 9.74. The molecular weight excluding hydrogens is 271 g/mol. The molecular formula is C16H13FN2S. The van der Waals surface area contributed by atoms with E-state index in [9.17, 15) is 4.39 Å². The molecule has 0 fully saturated rings. The van der Waals surface area contributed by atoms with E-state index in [1.54, 1.807) is 12.1 Å². The maximum Gasteiger partial charge on any atom is 0.177 e. The van der Waals surface area contributed by atoms with Crippen LogP contribution in [0.1, 0.15) is 5.56 Å². The third kappa shape index (κ3) is 2.56. The molecule has 0 aliphatic heterocycles. The van der Waals surface area contributed by atoms with Crippen molar-refractivity contribution in [2.24, 2.45) is 0 Å². The Morgan fingerprint density at radius 2 is 1.70 bits per heavy atom. The van der Waals surface area contributed by atoms with Gasteiger partial charge in [-0.15, -0.1) is 0 Å². The fourth-order valence-electron chi connectivity index (χ4n) is 2.18. The molecule has 1 N–H and O–H groups in total. The number of aromatic amines is 1. The number of hydrogen-bond acceptors (Lipinski definition) is 1. The predicted octanol–water partition coefficient (Wildman–Crippen LogP) is 4.40. The van der Waals surface area contributed by atoms with E-state index in [-0.39, 0.29) is 5.82 Å². The van der Waals surface area contributed by atoms with E-state index in [4.69, 9.17) is 12.2 Å². The van der Waals surface area contributed by atoms with Crippen molar-refractivity contribution in [3.8, 4) is 11.3 Å². The number of nitrogens with zero attached hydrogens (tertiary/aromatic N) is 1. The monoisotopic (exact) mass is 284 g/mol. The molecule has 2 aromatic carbocycles. The fourth-order valence-corrected chi connectivity index (χ4v) is 2.40. The molecule has 4 heteroatoms. The first-order valence-corrected chi connectivity index (χ1v) is 6.73. The van der Waals surface area contributed by atoms with Gasteiger partial charge in [0.05, 0.1) is 12.2 Å². The molecule has 0 aliphatic carbocycles. The van der Waals surface area contributed by atoms with Crippen molar-refractivity contribution in [3.63, 3.8) is 0 Å². The number of hydrogen-bond donors (Lipinski definition) is 1. The van der Waals surface area contributed by atoms with Crippen molar-refractivity contribution in [3.05, 3.63) is 76.9 Å². The van der Waals surface area contributed by atoms with Crippen LogP contribution in [0.5, 0.6) is 0 Å². The second-order valence-corrected chi connectivity index (χ2v) is 4.94. The van der Waals surface area contributed by atoms with Gasteiger partial charge in [0.1, 0.15) is 5.82 Å². The molecule has 0 saturated heterocycles. The molecule has 100 valence electrons. The number of aromatic nitrogens is 2. The van der Waals surface area contributed by atoms with Gasteiger partial charge in [0.2, 0.25) is 0 Å². The third-order valence-electron chi connectivity index (χ3n) is 3.19. The van der Waals surface area contributed by atoms with Gasteiger partial charge in [0, 0.05) is 6.20 Å². The van der Waals surface area contributed by atoms with Gasteiger partial charge in [-0.2, -0.15) is 0 Å². The molecule has 20 heavy (non-hydrogen) atoms. The lowest BCUT2D eigenvalue weighted by molar-refractivity contribution is 0.628. The molecule has 0 saturated carbocycles. The molecule has 1 heterocycles. The quantitative estimate of drug-likeness (QED) is 0.707. The zero-order valence-corrected chi connectivity index (χ0v) is 11.5. The second-order valence-electron chi connectivity index (χ2n) is 4.56. The van der Waals surface area contributed by atoms with Gasteiger partial charge in [-0.05, 0) is 47.6 Å². The minimum Gasteiger partial charge on any atom is -0.337 e. The number of imidazole rings is 1. The van der Waals surface area contributed by atoms with E-state index >= 15 is 0 Å². The first kappa shape index (κ1) is 12.8. The van der Waals surface area contributed by atoms with Gasteiger partial charge in [0.25, 0.3) is 0 Å². The van der Waals surface area contributed by atoms with Crippen molar-refractivity contribution in [2.75, 3.05) is 0 Å². The molecule has 0 aliphatic rings. The molecule has 3 rings (SSSR count). The molecule has 3 aromatic rings. The van der Waals surface area contributed by atoms with E-state index in [1.807, 2.05) is 29.0 Å². The second kappa shape index (κ2) is 5.43. The van der Waals surface area contributed by atoms with Crippen LogP contribution >= 0.6 is 12.2 Å². The lowest BCUT2D eigenvalue weighted by atomic mass is 10.1. The largest absolute Gasteiger partial charge is 0.337 e. The Labute approximate surface area is 121 Å². The summed E-state index contributed by atoms with van der Waals surface area (Å²) in [6, 6.07) is 16.5. The number of halogens is 1. The van der Waals surface area contributed by atoms with Gasteiger partial charge in [-0.1, -0.05) is 30.3 Å². The summed E-state index contributed by atoms with van der Waals surface area (Å²) in [5.74, 6) is -0.238. The van der Waals surface area contributed by atoms with E-state index in [2.05, 4.69) is 17.1 Å². The van der Waals surface area contributed by atoms with Crippen LogP contribution in [0, 0.1) is 10.6 Å². The van der Waals surface area contributed by atoms with Crippen molar-refractivity contribution in [1.82, 2.24) is 9.55 Å². The van der Waals surface area contributed by atoms with Crippen LogP contribution in [-0.2, 0) is 6.54 Å². The highest BCUT2D eigenvalue weighted by Crippen LogP contribution is 2.21. The Morgan fingerprint density at radius 1 is 1.00 bits per heavy atom. The first-order valence-electron chi connectivity index (χ1n) is 6.32. The summed E-state index contributed by atoms with van der Waals surface area (Å²) in [5, 5.41) is 0. The molecule has 1 aromatic heterocycles. The van der Waals surface area contributed by atoms with Crippen LogP contribution < -0.4 is 0 Å². The Kier molecular flexibility index (Phi) is 3.48. The molecule has 0 amide bonds. The molecule has 0 bridgehead atoms. The zero-order valence-electron chi connectivity index (χ0n) is 10.7. The highest BCUT2D eigenvalue weighted by molar-refractivity contribution is 7.71. The highest BCUT2D eigenvalue weighted by Gasteiger charge is 2.07. The Hall–Kier alpha value is -2.20. The molecule has 0 unspecified atom stereocenters. The van der Waals surface area contributed by atoms with E-state index in [1.165, 1.54) is 17.7 Å². The average Bonchev–Trinajstić information content (AvgIpc) is 2.83. The zero-order chi connectivity index (χ0) is 13.9.